The highest BCUT2D eigenvalue weighted by atomic mass is 16.5. The van der Waals surface area contributed by atoms with Crippen molar-refractivity contribution < 1.29 is 9.84 Å². The Morgan fingerprint density at radius 1 is 0.926 bits per heavy atom. The molecule has 1 aromatic rings. The molecular formula is C25H24O2. The molecule has 1 spiro atoms. The lowest BCUT2D eigenvalue weighted by molar-refractivity contribution is 0.0348. The van der Waals surface area contributed by atoms with E-state index in [0.717, 1.165) is 18.6 Å². The fraction of sp³-hybridized carbons (Fsp3) is 0.360. The van der Waals surface area contributed by atoms with Crippen LogP contribution in [0.5, 0.6) is 5.75 Å². The summed E-state index contributed by atoms with van der Waals surface area (Å²) in [7, 11) is 0. The number of benzene rings is 1. The van der Waals surface area contributed by atoms with Crippen LogP contribution in [0.25, 0.3) is 0 Å². The molecule has 7 unspecified atom stereocenters. The molecule has 0 saturated heterocycles. The van der Waals surface area contributed by atoms with Crippen LogP contribution in [-0.2, 0) is 5.41 Å². The Morgan fingerprint density at radius 3 is 2.74 bits per heavy atom. The standard InChI is InChI=1S/C25H24O2/c26-16-13-14-18-17-7-1-2-8-19(17)25(22(18)15-16)20-9-3-5-11-23(20)27-24-12-6-4-10-21(24)25/h1-5,7-11,13-15,17-19,21-22,24,26H,6,12H2. The van der Waals surface area contributed by atoms with Gasteiger partial charge in [0.1, 0.15) is 17.6 Å². The zero-order valence-corrected chi connectivity index (χ0v) is 15.2. The van der Waals surface area contributed by atoms with Gasteiger partial charge in [-0.25, -0.2) is 0 Å². The van der Waals surface area contributed by atoms with Gasteiger partial charge >= 0.3 is 0 Å². The number of allylic oxidation sites excluding steroid dienone is 8. The fourth-order valence-corrected chi connectivity index (χ4v) is 6.68. The Labute approximate surface area is 160 Å². The minimum absolute atomic E-state index is 0.0776. The maximum Gasteiger partial charge on any atom is 0.123 e. The molecule has 1 fully saturated rings. The molecule has 136 valence electrons. The summed E-state index contributed by atoms with van der Waals surface area (Å²) in [5.41, 5.74) is 1.24. The third-order valence-electron chi connectivity index (χ3n) is 7.52. The molecule has 0 radical (unpaired) electrons. The van der Waals surface area contributed by atoms with Crippen LogP contribution in [0.1, 0.15) is 18.4 Å². The van der Waals surface area contributed by atoms with E-state index in [4.69, 9.17) is 4.74 Å². The van der Waals surface area contributed by atoms with Gasteiger partial charge in [0.25, 0.3) is 0 Å². The van der Waals surface area contributed by atoms with E-state index >= 15 is 0 Å². The predicted molar refractivity (Wildman–Crippen MR) is 106 cm³/mol. The van der Waals surface area contributed by atoms with Crippen molar-refractivity contribution in [3.05, 3.63) is 90.3 Å². The summed E-state index contributed by atoms with van der Waals surface area (Å²) in [5.74, 6) is 3.32. The highest BCUT2D eigenvalue weighted by Crippen LogP contribution is 2.67. The maximum atomic E-state index is 10.4. The Balaban J connectivity index is 1.67. The van der Waals surface area contributed by atoms with Gasteiger partial charge in [-0.3, -0.25) is 0 Å². The van der Waals surface area contributed by atoms with E-state index in [0.29, 0.717) is 29.4 Å². The first-order chi connectivity index (χ1) is 13.3. The molecule has 0 aromatic heterocycles. The zero-order chi connectivity index (χ0) is 18.0. The molecule has 7 atom stereocenters. The number of rotatable bonds is 0. The van der Waals surface area contributed by atoms with E-state index in [1.54, 1.807) is 0 Å². The number of fused-ring (bicyclic) bond motifs is 9. The van der Waals surface area contributed by atoms with Crippen LogP contribution in [0.4, 0.5) is 0 Å². The minimum atomic E-state index is -0.0776. The van der Waals surface area contributed by atoms with E-state index in [1.807, 2.05) is 6.08 Å². The van der Waals surface area contributed by atoms with Crippen LogP contribution >= 0.6 is 0 Å². The van der Waals surface area contributed by atoms with Gasteiger partial charge in [0, 0.05) is 16.9 Å². The average Bonchev–Trinajstić information content (AvgIpc) is 2.99. The van der Waals surface area contributed by atoms with Gasteiger partial charge in [0.15, 0.2) is 0 Å². The monoisotopic (exact) mass is 356 g/mol. The minimum Gasteiger partial charge on any atom is -0.508 e. The molecule has 1 heterocycles. The molecule has 6 rings (SSSR count). The number of hydrogen-bond donors (Lipinski definition) is 1. The molecule has 27 heavy (non-hydrogen) atoms. The van der Waals surface area contributed by atoms with E-state index in [9.17, 15) is 5.11 Å². The highest BCUT2D eigenvalue weighted by Gasteiger charge is 2.65. The van der Waals surface area contributed by atoms with E-state index in [-0.39, 0.29) is 17.4 Å². The van der Waals surface area contributed by atoms with Crippen molar-refractivity contribution in [3.63, 3.8) is 0 Å². The lowest BCUT2D eigenvalue weighted by Crippen LogP contribution is -2.53. The molecule has 1 saturated carbocycles. The third-order valence-corrected chi connectivity index (χ3v) is 7.52. The van der Waals surface area contributed by atoms with E-state index in [2.05, 4.69) is 72.9 Å². The Kier molecular flexibility index (Phi) is 3.18. The molecule has 5 aliphatic rings. The SMILES string of the molecule is OC1=CC2C(C=C1)C1C=CC=CC1C21c2ccccc2OC2CCC=CC21. The summed E-state index contributed by atoms with van der Waals surface area (Å²) in [6.07, 6.45) is 22.6. The van der Waals surface area contributed by atoms with Crippen molar-refractivity contribution in [1.29, 1.82) is 0 Å². The summed E-state index contributed by atoms with van der Waals surface area (Å²) in [5, 5.41) is 10.4. The van der Waals surface area contributed by atoms with Crippen molar-refractivity contribution in [2.45, 2.75) is 24.4 Å². The van der Waals surface area contributed by atoms with Gasteiger partial charge in [-0.15, -0.1) is 0 Å². The molecule has 1 aliphatic heterocycles. The Bertz CT molecular complexity index is 933. The van der Waals surface area contributed by atoms with Crippen molar-refractivity contribution in [3.8, 4) is 5.75 Å². The first-order valence-corrected chi connectivity index (χ1v) is 10.2. The molecular weight excluding hydrogens is 332 g/mol. The second-order valence-electron chi connectivity index (χ2n) is 8.54. The molecule has 0 amide bonds. The fourth-order valence-electron chi connectivity index (χ4n) is 6.68. The summed E-state index contributed by atoms with van der Waals surface area (Å²) in [6.45, 7) is 0. The van der Waals surface area contributed by atoms with Gasteiger partial charge in [-0.05, 0) is 54.7 Å². The zero-order valence-electron chi connectivity index (χ0n) is 15.2. The Morgan fingerprint density at radius 2 is 1.78 bits per heavy atom. The number of aliphatic hydroxyl groups is 1. The van der Waals surface area contributed by atoms with E-state index in [1.165, 1.54) is 5.56 Å². The summed E-state index contributed by atoms with van der Waals surface area (Å²) in [6, 6.07) is 8.63. The smallest absolute Gasteiger partial charge is 0.123 e. The van der Waals surface area contributed by atoms with Gasteiger partial charge in [-0.2, -0.15) is 0 Å². The lowest BCUT2D eigenvalue weighted by Gasteiger charge is -2.53. The van der Waals surface area contributed by atoms with Crippen molar-refractivity contribution in [1.82, 2.24) is 0 Å². The summed E-state index contributed by atoms with van der Waals surface area (Å²) in [4.78, 5) is 0. The number of ether oxygens (including phenoxy) is 1. The molecule has 4 aliphatic carbocycles. The van der Waals surface area contributed by atoms with Crippen molar-refractivity contribution in [2.24, 2.45) is 29.6 Å². The number of hydrogen-bond acceptors (Lipinski definition) is 2. The summed E-state index contributed by atoms with van der Waals surface area (Å²) >= 11 is 0. The van der Waals surface area contributed by atoms with Crippen LogP contribution in [0.3, 0.4) is 0 Å². The second kappa shape index (κ2) is 5.51. The first kappa shape index (κ1) is 15.6. The normalized spacial score (nSPS) is 42.7. The quantitative estimate of drug-likeness (QED) is 0.642. The van der Waals surface area contributed by atoms with Crippen molar-refractivity contribution in [2.75, 3.05) is 0 Å². The van der Waals surface area contributed by atoms with Crippen LogP contribution in [0.2, 0.25) is 0 Å². The second-order valence-corrected chi connectivity index (χ2v) is 8.54. The van der Waals surface area contributed by atoms with Crippen LogP contribution < -0.4 is 4.74 Å². The van der Waals surface area contributed by atoms with Crippen LogP contribution in [0, 0.1) is 29.6 Å². The van der Waals surface area contributed by atoms with E-state index < -0.39 is 0 Å². The maximum absolute atomic E-state index is 10.4. The van der Waals surface area contributed by atoms with Crippen LogP contribution in [0.15, 0.2) is 84.7 Å². The van der Waals surface area contributed by atoms with Crippen molar-refractivity contribution >= 4 is 0 Å². The average molecular weight is 356 g/mol. The van der Waals surface area contributed by atoms with Gasteiger partial charge in [0.2, 0.25) is 0 Å². The molecule has 0 bridgehead atoms. The predicted octanol–water partition coefficient (Wildman–Crippen LogP) is 5.27. The number of para-hydroxylation sites is 1. The van der Waals surface area contributed by atoms with Gasteiger partial charge < -0.3 is 9.84 Å². The largest absolute Gasteiger partial charge is 0.508 e. The Hall–Kier alpha value is -2.48. The summed E-state index contributed by atoms with van der Waals surface area (Å²) < 4.78 is 6.51. The number of aliphatic hydroxyl groups excluding tert-OH is 1. The van der Waals surface area contributed by atoms with Crippen LogP contribution in [-0.4, -0.2) is 11.2 Å². The van der Waals surface area contributed by atoms with Gasteiger partial charge in [-0.1, -0.05) is 60.7 Å². The first-order valence-electron chi connectivity index (χ1n) is 10.2. The topological polar surface area (TPSA) is 29.5 Å². The molecule has 1 N–H and O–H groups in total. The van der Waals surface area contributed by atoms with Gasteiger partial charge in [0.05, 0.1) is 0 Å². The molecule has 2 heteroatoms. The molecule has 2 nitrogen and oxygen atoms in total. The lowest BCUT2D eigenvalue weighted by atomic mass is 9.54. The third kappa shape index (κ3) is 1.91. The highest BCUT2D eigenvalue weighted by molar-refractivity contribution is 5.52. The molecule has 1 aromatic carbocycles.